The molecule has 0 radical (unpaired) electrons. The summed E-state index contributed by atoms with van der Waals surface area (Å²) in [6.07, 6.45) is 0. The molecule has 4 N–H and O–H groups in total. The van der Waals surface area contributed by atoms with Gasteiger partial charge in [-0.15, -0.1) is 0 Å². The second-order valence-electron chi connectivity index (χ2n) is 4.23. The number of nitrogens with two attached hydrogens (primary N) is 1. The van der Waals surface area contributed by atoms with Gasteiger partial charge in [0.2, 0.25) is 0 Å². The van der Waals surface area contributed by atoms with Crippen LogP contribution in [0.1, 0.15) is 24.2 Å². The number of rotatable bonds is 3. The third-order valence-corrected chi connectivity index (χ3v) is 2.27. The summed E-state index contributed by atoms with van der Waals surface area (Å²) in [5.74, 6) is -0.288. The molecule has 1 aromatic carbocycles. The first-order valence-corrected chi connectivity index (χ1v) is 5.23. The van der Waals surface area contributed by atoms with E-state index < -0.39 is 5.60 Å². The summed E-state index contributed by atoms with van der Waals surface area (Å²) in [5.41, 5.74) is 5.44. The molecular formula is C11H15ClN2O2. The molecule has 0 saturated carbocycles. The van der Waals surface area contributed by atoms with Crippen molar-refractivity contribution in [3.63, 3.8) is 0 Å². The number of benzene rings is 1. The van der Waals surface area contributed by atoms with Gasteiger partial charge < -0.3 is 16.2 Å². The number of anilines is 1. The minimum absolute atomic E-state index is 0.174. The Morgan fingerprint density at radius 1 is 1.56 bits per heavy atom. The second-order valence-corrected chi connectivity index (χ2v) is 4.64. The predicted octanol–water partition coefficient (Wildman–Crippen LogP) is 1.42. The maximum atomic E-state index is 11.6. The molecule has 0 heterocycles. The van der Waals surface area contributed by atoms with Gasteiger partial charge in [-0.1, -0.05) is 11.6 Å². The Morgan fingerprint density at radius 3 is 2.69 bits per heavy atom. The van der Waals surface area contributed by atoms with Crippen molar-refractivity contribution in [3.8, 4) is 0 Å². The average Bonchev–Trinajstić information content (AvgIpc) is 2.17. The molecule has 88 valence electrons. The fourth-order valence-electron chi connectivity index (χ4n) is 1.07. The van der Waals surface area contributed by atoms with Crippen LogP contribution in [0.5, 0.6) is 0 Å². The van der Waals surface area contributed by atoms with E-state index in [1.54, 1.807) is 26.0 Å². The molecule has 5 heteroatoms. The monoisotopic (exact) mass is 242 g/mol. The average molecular weight is 243 g/mol. The minimum atomic E-state index is -0.937. The Bertz CT molecular complexity index is 399. The standard InChI is InChI=1S/C11H15ClN2O2/c1-11(2,16)6-14-10(15)7-3-4-9(13)8(12)5-7/h3-5,16H,6,13H2,1-2H3,(H,14,15). The van der Waals surface area contributed by atoms with Crippen LogP contribution in [0.3, 0.4) is 0 Å². The summed E-state index contributed by atoms with van der Waals surface area (Å²) in [6, 6.07) is 4.65. The number of hydrogen-bond donors (Lipinski definition) is 3. The lowest BCUT2D eigenvalue weighted by atomic mass is 10.1. The van der Waals surface area contributed by atoms with Crippen molar-refractivity contribution >= 4 is 23.2 Å². The van der Waals surface area contributed by atoms with Crippen molar-refractivity contribution < 1.29 is 9.90 Å². The van der Waals surface area contributed by atoms with Gasteiger partial charge in [0, 0.05) is 12.1 Å². The third kappa shape index (κ3) is 3.72. The molecule has 0 bridgehead atoms. The first-order valence-electron chi connectivity index (χ1n) is 4.85. The molecule has 0 saturated heterocycles. The quantitative estimate of drug-likeness (QED) is 0.702. The van der Waals surface area contributed by atoms with Crippen LogP contribution in [0.15, 0.2) is 18.2 Å². The van der Waals surface area contributed by atoms with Crippen molar-refractivity contribution in [2.45, 2.75) is 19.4 Å². The Morgan fingerprint density at radius 2 is 2.19 bits per heavy atom. The molecule has 0 fully saturated rings. The van der Waals surface area contributed by atoms with Crippen molar-refractivity contribution in [2.24, 2.45) is 0 Å². The third-order valence-electron chi connectivity index (χ3n) is 1.94. The topological polar surface area (TPSA) is 75.3 Å². The van der Waals surface area contributed by atoms with Crippen LogP contribution in [0.4, 0.5) is 5.69 Å². The van der Waals surface area contributed by atoms with Crippen LogP contribution in [-0.4, -0.2) is 23.2 Å². The van der Waals surface area contributed by atoms with E-state index in [9.17, 15) is 9.90 Å². The highest BCUT2D eigenvalue weighted by Gasteiger charge is 2.15. The fourth-order valence-corrected chi connectivity index (χ4v) is 1.25. The van der Waals surface area contributed by atoms with Crippen LogP contribution < -0.4 is 11.1 Å². The lowest BCUT2D eigenvalue weighted by Gasteiger charge is -2.17. The largest absolute Gasteiger partial charge is 0.398 e. The summed E-state index contributed by atoms with van der Waals surface area (Å²) in [7, 11) is 0. The molecule has 1 rings (SSSR count). The van der Waals surface area contributed by atoms with E-state index >= 15 is 0 Å². The van der Waals surface area contributed by atoms with Gasteiger partial charge in [0.05, 0.1) is 16.3 Å². The van der Waals surface area contributed by atoms with Crippen molar-refractivity contribution in [3.05, 3.63) is 28.8 Å². The molecule has 1 amide bonds. The minimum Gasteiger partial charge on any atom is -0.398 e. The van der Waals surface area contributed by atoms with Gasteiger partial charge >= 0.3 is 0 Å². The number of nitrogens with one attached hydrogen (secondary N) is 1. The van der Waals surface area contributed by atoms with Gasteiger partial charge in [0.25, 0.3) is 5.91 Å². The highest BCUT2D eigenvalue weighted by atomic mass is 35.5. The Balaban J connectivity index is 2.70. The molecule has 0 aliphatic carbocycles. The van der Waals surface area contributed by atoms with Crippen molar-refractivity contribution in [1.82, 2.24) is 5.32 Å². The highest BCUT2D eigenvalue weighted by Crippen LogP contribution is 2.19. The number of carbonyl (C=O) groups excluding carboxylic acids is 1. The molecule has 0 aromatic heterocycles. The normalized spacial score (nSPS) is 11.2. The van der Waals surface area contributed by atoms with E-state index in [-0.39, 0.29) is 12.5 Å². The molecule has 4 nitrogen and oxygen atoms in total. The van der Waals surface area contributed by atoms with Crippen LogP contribution in [0.2, 0.25) is 5.02 Å². The lowest BCUT2D eigenvalue weighted by Crippen LogP contribution is -2.38. The van der Waals surface area contributed by atoms with Crippen LogP contribution in [-0.2, 0) is 0 Å². The first kappa shape index (κ1) is 12.8. The van der Waals surface area contributed by atoms with Gasteiger partial charge in [-0.3, -0.25) is 4.79 Å². The van der Waals surface area contributed by atoms with E-state index in [2.05, 4.69) is 5.32 Å². The van der Waals surface area contributed by atoms with E-state index in [1.807, 2.05) is 0 Å². The maximum absolute atomic E-state index is 11.6. The van der Waals surface area contributed by atoms with Gasteiger partial charge in [-0.25, -0.2) is 0 Å². The zero-order chi connectivity index (χ0) is 12.3. The van der Waals surface area contributed by atoms with Crippen LogP contribution >= 0.6 is 11.6 Å². The molecule has 0 aliphatic heterocycles. The van der Waals surface area contributed by atoms with Crippen molar-refractivity contribution in [2.75, 3.05) is 12.3 Å². The van der Waals surface area contributed by atoms with Gasteiger partial charge in [-0.2, -0.15) is 0 Å². The molecule has 1 aromatic rings. The smallest absolute Gasteiger partial charge is 0.251 e. The number of hydrogen-bond acceptors (Lipinski definition) is 3. The first-order chi connectivity index (χ1) is 7.29. The molecule has 0 unspecified atom stereocenters. The van der Waals surface area contributed by atoms with E-state index in [0.717, 1.165) is 0 Å². The van der Waals surface area contributed by atoms with Crippen LogP contribution in [0.25, 0.3) is 0 Å². The summed E-state index contributed by atoms with van der Waals surface area (Å²) in [4.78, 5) is 11.6. The zero-order valence-corrected chi connectivity index (χ0v) is 10.0. The summed E-state index contributed by atoms with van der Waals surface area (Å²) < 4.78 is 0. The lowest BCUT2D eigenvalue weighted by molar-refractivity contribution is 0.0694. The summed E-state index contributed by atoms with van der Waals surface area (Å²) in [5, 5.41) is 12.4. The molecule has 16 heavy (non-hydrogen) atoms. The maximum Gasteiger partial charge on any atom is 0.251 e. The summed E-state index contributed by atoms with van der Waals surface area (Å²) >= 11 is 5.79. The van der Waals surface area contributed by atoms with Gasteiger partial charge in [0.15, 0.2) is 0 Å². The van der Waals surface area contributed by atoms with E-state index in [4.69, 9.17) is 17.3 Å². The summed E-state index contributed by atoms with van der Waals surface area (Å²) in [6.45, 7) is 3.40. The Hall–Kier alpha value is -1.26. The van der Waals surface area contributed by atoms with Gasteiger partial charge in [-0.05, 0) is 32.0 Å². The SMILES string of the molecule is CC(C)(O)CNC(=O)c1ccc(N)c(Cl)c1. The number of nitrogen functional groups attached to an aromatic ring is 1. The molecule has 0 atom stereocenters. The Labute approximate surface area is 99.4 Å². The predicted molar refractivity (Wildman–Crippen MR) is 64.5 cm³/mol. The highest BCUT2D eigenvalue weighted by molar-refractivity contribution is 6.33. The number of amides is 1. The van der Waals surface area contributed by atoms with Gasteiger partial charge in [0.1, 0.15) is 0 Å². The molecular weight excluding hydrogens is 228 g/mol. The molecule has 0 aliphatic rings. The van der Waals surface area contributed by atoms with E-state index in [0.29, 0.717) is 16.3 Å². The molecule has 0 spiro atoms. The Kier molecular flexibility index (Phi) is 3.78. The number of aliphatic hydroxyl groups is 1. The zero-order valence-electron chi connectivity index (χ0n) is 9.25. The van der Waals surface area contributed by atoms with E-state index in [1.165, 1.54) is 6.07 Å². The fraction of sp³-hybridized carbons (Fsp3) is 0.364. The number of carbonyl (C=O) groups is 1. The van der Waals surface area contributed by atoms with Crippen molar-refractivity contribution in [1.29, 1.82) is 0 Å². The number of halogens is 1. The van der Waals surface area contributed by atoms with Crippen LogP contribution in [0, 0.1) is 0 Å². The second kappa shape index (κ2) is 4.72.